The summed E-state index contributed by atoms with van der Waals surface area (Å²) in [6, 6.07) is 7.52. The number of aromatic amines is 1. The SMILES string of the molecule is CCOC(=O)c1c(C)[nH]c(C(=O)NCC(=O)Nc2ccccc2CC)c1C. The van der Waals surface area contributed by atoms with Gasteiger partial charge in [-0.05, 0) is 44.4 Å². The molecule has 7 heteroatoms. The van der Waals surface area contributed by atoms with Crippen molar-refractivity contribution >= 4 is 23.5 Å². The van der Waals surface area contributed by atoms with E-state index in [9.17, 15) is 14.4 Å². The van der Waals surface area contributed by atoms with Crippen molar-refractivity contribution in [2.75, 3.05) is 18.5 Å². The van der Waals surface area contributed by atoms with Crippen LogP contribution in [0, 0.1) is 13.8 Å². The summed E-state index contributed by atoms with van der Waals surface area (Å²) < 4.78 is 5.01. The Hall–Kier alpha value is -3.09. The number of anilines is 1. The summed E-state index contributed by atoms with van der Waals surface area (Å²) in [6.45, 7) is 7.17. The minimum Gasteiger partial charge on any atom is -0.462 e. The highest BCUT2D eigenvalue weighted by atomic mass is 16.5. The predicted octanol–water partition coefficient (Wildman–Crippen LogP) is 2.74. The fraction of sp³-hybridized carbons (Fsp3) is 0.350. The van der Waals surface area contributed by atoms with E-state index in [2.05, 4.69) is 15.6 Å². The van der Waals surface area contributed by atoms with Gasteiger partial charge in [0.05, 0.1) is 18.7 Å². The van der Waals surface area contributed by atoms with E-state index >= 15 is 0 Å². The van der Waals surface area contributed by atoms with Crippen molar-refractivity contribution < 1.29 is 19.1 Å². The van der Waals surface area contributed by atoms with Gasteiger partial charge in [-0.1, -0.05) is 25.1 Å². The monoisotopic (exact) mass is 371 g/mol. The zero-order valence-corrected chi connectivity index (χ0v) is 16.1. The molecule has 0 bridgehead atoms. The van der Waals surface area contributed by atoms with Gasteiger partial charge in [0.1, 0.15) is 5.69 Å². The van der Waals surface area contributed by atoms with Crippen LogP contribution >= 0.6 is 0 Å². The maximum absolute atomic E-state index is 12.4. The molecule has 1 heterocycles. The third kappa shape index (κ3) is 4.75. The highest BCUT2D eigenvalue weighted by Gasteiger charge is 2.23. The first kappa shape index (κ1) is 20.2. The number of amides is 2. The molecule has 1 aromatic carbocycles. The number of esters is 1. The molecule has 0 unspecified atom stereocenters. The van der Waals surface area contributed by atoms with Crippen LogP contribution in [0.4, 0.5) is 5.69 Å². The standard InChI is InChI=1S/C20H25N3O4/c1-5-14-9-7-8-10-15(14)23-16(24)11-21-19(25)18-12(3)17(13(4)22-18)20(26)27-6-2/h7-10,22H,5-6,11H2,1-4H3,(H,21,25)(H,23,24). The fourth-order valence-corrected chi connectivity index (χ4v) is 2.88. The molecule has 2 rings (SSSR count). The molecule has 0 fully saturated rings. The summed E-state index contributed by atoms with van der Waals surface area (Å²) in [5.41, 5.74) is 3.40. The molecule has 3 N–H and O–H groups in total. The van der Waals surface area contributed by atoms with Crippen molar-refractivity contribution in [3.05, 3.63) is 52.3 Å². The summed E-state index contributed by atoms with van der Waals surface area (Å²) in [6.07, 6.45) is 0.792. The molecule has 0 saturated heterocycles. The van der Waals surface area contributed by atoms with Gasteiger partial charge in [0.25, 0.3) is 5.91 Å². The topological polar surface area (TPSA) is 100 Å². The number of nitrogens with one attached hydrogen (secondary N) is 3. The van der Waals surface area contributed by atoms with E-state index in [1.807, 2.05) is 31.2 Å². The summed E-state index contributed by atoms with van der Waals surface area (Å²) in [5, 5.41) is 5.37. The zero-order chi connectivity index (χ0) is 20.0. The number of benzene rings is 1. The number of ether oxygens (including phenoxy) is 1. The van der Waals surface area contributed by atoms with Crippen molar-refractivity contribution in [2.24, 2.45) is 0 Å². The number of aromatic nitrogens is 1. The van der Waals surface area contributed by atoms with Gasteiger partial charge >= 0.3 is 5.97 Å². The summed E-state index contributed by atoms with van der Waals surface area (Å²) >= 11 is 0. The first-order valence-corrected chi connectivity index (χ1v) is 8.91. The molecule has 0 radical (unpaired) electrons. The Balaban J connectivity index is 2.02. The lowest BCUT2D eigenvalue weighted by molar-refractivity contribution is -0.115. The van der Waals surface area contributed by atoms with Gasteiger partial charge in [0.2, 0.25) is 5.91 Å². The molecule has 144 valence electrons. The third-order valence-corrected chi connectivity index (χ3v) is 4.23. The fourth-order valence-electron chi connectivity index (χ4n) is 2.88. The minimum absolute atomic E-state index is 0.177. The lowest BCUT2D eigenvalue weighted by atomic mass is 10.1. The summed E-state index contributed by atoms with van der Waals surface area (Å²) in [7, 11) is 0. The average molecular weight is 371 g/mol. The normalized spacial score (nSPS) is 10.4. The number of carbonyl (C=O) groups is 3. The van der Waals surface area contributed by atoms with Crippen LogP contribution < -0.4 is 10.6 Å². The van der Waals surface area contributed by atoms with E-state index in [-0.39, 0.29) is 24.8 Å². The second kappa shape index (κ2) is 9.02. The molecule has 0 aliphatic carbocycles. The largest absolute Gasteiger partial charge is 0.462 e. The van der Waals surface area contributed by atoms with Crippen LogP contribution in [0.25, 0.3) is 0 Å². The molecule has 7 nitrogen and oxygen atoms in total. The summed E-state index contributed by atoms with van der Waals surface area (Å²) in [5.74, 6) is -1.25. The first-order chi connectivity index (χ1) is 12.9. The van der Waals surface area contributed by atoms with E-state index in [4.69, 9.17) is 4.74 Å². The van der Waals surface area contributed by atoms with Crippen LogP contribution in [-0.4, -0.2) is 35.9 Å². The van der Waals surface area contributed by atoms with Crippen LogP contribution in [0.3, 0.4) is 0 Å². The van der Waals surface area contributed by atoms with Gasteiger partial charge in [-0.15, -0.1) is 0 Å². The van der Waals surface area contributed by atoms with Gasteiger partial charge in [0.15, 0.2) is 0 Å². The number of hydrogen-bond acceptors (Lipinski definition) is 4. The second-order valence-corrected chi connectivity index (χ2v) is 6.09. The Morgan fingerprint density at radius 2 is 1.81 bits per heavy atom. The highest BCUT2D eigenvalue weighted by Crippen LogP contribution is 2.19. The number of H-pyrrole nitrogens is 1. The number of hydrogen-bond donors (Lipinski definition) is 3. The Kier molecular flexibility index (Phi) is 6.76. The third-order valence-electron chi connectivity index (χ3n) is 4.23. The van der Waals surface area contributed by atoms with Gasteiger partial charge in [0, 0.05) is 11.4 Å². The minimum atomic E-state index is -0.475. The second-order valence-electron chi connectivity index (χ2n) is 6.09. The van der Waals surface area contributed by atoms with Crippen molar-refractivity contribution in [1.29, 1.82) is 0 Å². The molecule has 0 spiro atoms. The van der Waals surface area contributed by atoms with E-state index in [0.29, 0.717) is 16.8 Å². The molecule has 27 heavy (non-hydrogen) atoms. The van der Waals surface area contributed by atoms with E-state index in [1.54, 1.807) is 20.8 Å². The van der Waals surface area contributed by atoms with Gasteiger partial charge in [-0.2, -0.15) is 0 Å². The predicted molar refractivity (Wildman–Crippen MR) is 103 cm³/mol. The number of aryl methyl sites for hydroxylation is 2. The molecule has 2 aromatic rings. The quantitative estimate of drug-likeness (QED) is 0.652. The Bertz CT molecular complexity index is 855. The molecular formula is C20H25N3O4. The van der Waals surface area contributed by atoms with Crippen molar-refractivity contribution in [3.63, 3.8) is 0 Å². The van der Waals surface area contributed by atoms with Crippen molar-refractivity contribution in [2.45, 2.75) is 34.1 Å². The lowest BCUT2D eigenvalue weighted by Gasteiger charge is -2.10. The number of carbonyl (C=O) groups excluding carboxylic acids is 3. The zero-order valence-electron chi connectivity index (χ0n) is 16.1. The Morgan fingerprint density at radius 3 is 2.48 bits per heavy atom. The first-order valence-electron chi connectivity index (χ1n) is 8.91. The molecule has 0 aliphatic heterocycles. The Labute approximate surface area is 158 Å². The molecule has 0 saturated carbocycles. The Morgan fingerprint density at radius 1 is 1.11 bits per heavy atom. The maximum Gasteiger partial charge on any atom is 0.340 e. The van der Waals surface area contributed by atoms with Crippen molar-refractivity contribution in [3.8, 4) is 0 Å². The average Bonchev–Trinajstić information content (AvgIpc) is 2.94. The molecule has 0 atom stereocenters. The molecule has 0 aliphatic rings. The van der Waals surface area contributed by atoms with Gasteiger partial charge in [-0.25, -0.2) is 4.79 Å². The van der Waals surface area contributed by atoms with Gasteiger partial charge < -0.3 is 20.4 Å². The van der Waals surface area contributed by atoms with Crippen LogP contribution in [0.5, 0.6) is 0 Å². The maximum atomic E-state index is 12.4. The highest BCUT2D eigenvalue weighted by molar-refractivity contribution is 6.02. The number of para-hydroxylation sites is 1. The lowest BCUT2D eigenvalue weighted by Crippen LogP contribution is -2.33. The smallest absolute Gasteiger partial charge is 0.340 e. The van der Waals surface area contributed by atoms with E-state index in [1.165, 1.54) is 0 Å². The van der Waals surface area contributed by atoms with Crippen LogP contribution in [0.1, 0.15) is 51.5 Å². The number of rotatable bonds is 7. The molecule has 2 amide bonds. The molecular weight excluding hydrogens is 346 g/mol. The van der Waals surface area contributed by atoms with Crippen LogP contribution in [0.2, 0.25) is 0 Å². The van der Waals surface area contributed by atoms with Gasteiger partial charge in [-0.3, -0.25) is 9.59 Å². The molecule has 1 aromatic heterocycles. The summed E-state index contributed by atoms with van der Waals surface area (Å²) in [4.78, 5) is 39.5. The van der Waals surface area contributed by atoms with E-state index < -0.39 is 11.9 Å². The van der Waals surface area contributed by atoms with Crippen molar-refractivity contribution in [1.82, 2.24) is 10.3 Å². The van der Waals surface area contributed by atoms with Crippen LogP contribution in [-0.2, 0) is 16.0 Å². The van der Waals surface area contributed by atoms with E-state index in [0.717, 1.165) is 17.7 Å². The van der Waals surface area contributed by atoms with Crippen LogP contribution in [0.15, 0.2) is 24.3 Å².